The Balaban J connectivity index is 2.26. The Kier molecular flexibility index (Phi) is 4.14. The zero-order valence-electron chi connectivity index (χ0n) is 10.3. The van der Waals surface area contributed by atoms with Crippen molar-refractivity contribution in [2.75, 3.05) is 23.7 Å². The van der Waals surface area contributed by atoms with Crippen molar-refractivity contribution < 1.29 is 0 Å². The molecule has 2 rings (SSSR count). The van der Waals surface area contributed by atoms with E-state index in [0.29, 0.717) is 5.95 Å². The van der Waals surface area contributed by atoms with Crippen LogP contribution in [-0.2, 0) is 0 Å². The molecule has 0 spiro atoms. The van der Waals surface area contributed by atoms with Crippen molar-refractivity contribution in [3.8, 4) is 0 Å². The number of thiophene rings is 1. The molecule has 92 valence electrons. The van der Waals surface area contributed by atoms with Crippen LogP contribution in [0.2, 0.25) is 0 Å². The van der Waals surface area contributed by atoms with Gasteiger partial charge in [-0.15, -0.1) is 11.3 Å². The summed E-state index contributed by atoms with van der Waals surface area (Å²) in [5.74, 6) is 1.65. The van der Waals surface area contributed by atoms with E-state index in [-0.39, 0.29) is 0 Å². The lowest BCUT2D eigenvalue weighted by atomic mass is 10.3. The van der Waals surface area contributed by atoms with Crippen molar-refractivity contribution in [2.45, 2.75) is 26.7 Å². The van der Waals surface area contributed by atoms with Crippen molar-refractivity contribution in [3.63, 3.8) is 0 Å². The first kappa shape index (κ1) is 12.1. The molecule has 4 nitrogen and oxygen atoms in total. The smallest absolute Gasteiger partial charge is 0.226 e. The van der Waals surface area contributed by atoms with E-state index in [2.05, 4.69) is 39.0 Å². The van der Waals surface area contributed by atoms with Crippen molar-refractivity contribution in [1.29, 1.82) is 0 Å². The van der Waals surface area contributed by atoms with Crippen LogP contribution in [0.1, 0.15) is 26.7 Å². The third-order valence-corrected chi connectivity index (χ3v) is 3.29. The first-order valence-electron chi connectivity index (χ1n) is 6.08. The molecular formula is C12H18N4S. The number of hydrogen-bond donors (Lipinski definition) is 2. The molecule has 0 aliphatic heterocycles. The standard InChI is InChI=1S/C12H18N4S/c1-3-5-7-14-10-9-6-8-17-11(9)16-12(15-10)13-4-2/h6,8H,3-5,7H2,1-2H3,(H2,13,14,15,16). The van der Waals surface area contributed by atoms with E-state index in [1.54, 1.807) is 11.3 Å². The second-order valence-electron chi connectivity index (χ2n) is 3.85. The van der Waals surface area contributed by atoms with Crippen LogP contribution in [0.4, 0.5) is 11.8 Å². The molecule has 0 atom stereocenters. The van der Waals surface area contributed by atoms with Gasteiger partial charge in [-0.2, -0.15) is 4.98 Å². The lowest BCUT2D eigenvalue weighted by Gasteiger charge is -2.08. The van der Waals surface area contributed by atoms with Crippen LogP contribution in [0, 0.1) is 0 Å². The Labute approximate surface area is 105 Å². The van der Waals surface area contributed by atoms with Gasteiger partial charge in [0.25, 0.3) is 0 Å². The Morgan fingerprint density at radius 1 is 1.24 bits per heavy atom. The predicted octanol–water partition coefficient (Wildman–Crippen LogP) is 3.34. The highest BCUT2D eigenvalue weighted by Gasteiger charge is 2.07. The molecule has 2 N–H and O–H groups in total. The Hall–Kier alpha value is -1.36. The number of nitrogens with zero attached hydrogens (tertiary/aromatic N) is 2. The van der Waals surface area contributed by atoms with Crippen LogP contribution in [0.5, 0.6) is 0 Å². The molecule has 0 radical (unpaired) electrons. The van der Waals surface area contributed by atoms with Gasteiger partial charge in [0, 0.05) is 13.1 Å². The topological polar surface area (TPSA) is 49.8 Å². The molecule has 0 bridgehead atoms. The first-order valence-corrected chi connectivity index (χ1v) is 6.96. The maximum absolute atomic E-state index is 4.51. The summed E-state index contributed by atoms with van der Waals surface area (Å²) in [5.41, 5.74) is 0. The van der Waals surface area contributed by atoms with Crippen LogP contribution in [0.25, 0.3) is 10.2 Å². The van der Waals surface area contributed by atoms with Gasteiger partial charge in [-0.1, -0.05) is 13.3 Å². The largest absolute Gasteiger partial charge is 0.369 e. The third-order valence-electron chi connectivity index (χ3n) is 2.48. The Morgan fingerprint density at radius 2 is 2.12 bits per heavy atom. The molecule has 2 heterocycles. The fraction of sp³-hybridized carbons (Fsp3) is 0.500. The molecule has 0 aliphatic carbocycles. The molecule has 0 saturated heterocycles. The molecule has 0 saturated carbocycles. The van der Waals surface area contributed by atoms with E-state index in [0.717, 1.165) is 35.5 Å². The summed E-state index contributed by atoms with van der Waals surface area (Å²) in [6.07, 6.45) is 2.34. The van der Waals surface area contributed by atoms with Gasteiger partial charge >= 0.3 is 0 Å². The van der Waals surface area contributed by atoms with Gasteiger partial charge in [-0.05, 0) is 24.8 Å². The summed E-state index contributed by atoms with van der Waals surface area (Å²) < 4.78 is 0. The van der Waals surface area contributed by atoms with Gasteiger partial charge in [-0.3, -0.25) is 0 Å². The van der Waals surface area contributed by atoms with Gasteiger partial charge in [0.2, 0.25) is 5.95 Å². The monoisotopic (exact) mass is 250 g/mol. The Morgan fingerprint density at radius 3 is 2.88 bits per heavy atom. The maximum Gasteiger partial charge on any atom is 0.226 e. The molecule has 0 unspecified atom stereocenters. The minimum Gasteiger partial charge on any atom is -0.369 e. The molecule has 2 aromatic rings. The zero-order chi connectivity index (χ0) is 12.1. The predicted molar refractivity (Wildman–Crippen MR) is 75.0 cm³/mol. The first-order chi connectivity index (χ1) is 8.35. The van der Waals surface area contributed by atoms with Gasteiger partial charge in [0.1, 0.15) is 10.6 Å². The second kappa shape index (κ2) is 5.82. The van der Waals surface area contributed by atoms with Crippen LogP contribution >= 0.6 is 11.3 Å². The minimum atomic E-state index is 0.710. The molecule has 5 heteroatoms. The highest BCUT2D eigenvalue weighted by Crippen LogP contribution is 2.26. The fourth-order valence-corrected chi connectivity index (χ4v) is 2.37. The SMILES string of the molecule is CCCCNc1nc(NCC)nc2sccc12. The van der Waals surface area contributed by atoms with Gasteiger partial charge in [0.05, 0.1) is 5.39 Å². The summed E-state index contributed by atoms with van der Waals surface area (Å²) in [6, 6.07) is 2.07. The molecule has 0 aromatic carbocycles. The van der Waals surface area contributed by atoms with Gasteiger partial charge in [0.15, 0.2) is 0 Å². The fourth-order valence-electron chi connectivity index (χ4n) is 1.61. The van der Waals surface area contributed by atoms with Gasteiger partial charge in [-0.25, -0.2) is 4.98 Å². The third kappa shape index (κ3) is 2.85. The number of anilines is 2. The molecule has 17 heavy (non-hydrogen) atoms. The lowest BCUT2D eigenvalue weighted by Crippen LogP contribution is -2.07. The number of fused-ring (bicyclic) bond motifs is 1. The summed E-state index contributed by atoms with van der Waals surface area (Å²) in [7, 11) is 0. The van der Waals surface area contributed by atoms with E-state index < -0.39 is 0 Å². The highest BCUT2D eigenvalue weighted by atomic mass is 32.1. The van der Waals surface area contributed by atoms with Crippen molar-refractivity contribution in [1.82, 2.24) is 9.97 Å². The van der Waals surface area contributed by atoms with E-state index in [1.165, 1.54) is 6.42 Å². The number of unbranched alkanes of at least 4 members (excludes halogenated alkanes) is 1. The zero-order valence-corrected chi connectivity index (χ0v) is 11.1. The quantitative estimate of drug-likeness (QED) is 0.772. The van der Waals surface area contributed by atoms with Crippen LogP contribution in [0.15, 0.2) is 11.4 Å². The number of aromatic nitrogens is 2. The normalized spacial score (nSPS) is 10.7. The molecule has 0 aliphatic rings. The summed E-state index contributed by atoms with van der Waals surface area (Å²) >= 11 is 1.65. The van der Waals surface area contributed by atoms with E-state index in [9.17, 15) is 0 Å². The molecule has 0 amide bonds. The van der Waals surface area contributed by atoms with Crippen LogP contribution < -0.4 is 10.6 Å². The number of rotatable bonds is 6. The average Bonchev–Trinajstić information content (AvgIpc) is 2.78. The van der Waals surface area contributed by atoms with E-state index in [4.69, 9.17) is 0 Å². The highest BCUT2D eigenvalue weighted by molar-refractivity contribution is 7.16. The molecular weight excluding hydrogens is 232 g/mol. The summed E-state index contributed by atoms with van der Waals surface area (Å²) in [5, 5.41) is 9.73. The Bertz CT molecular complexity index is 480. The maximum atomic E-state index is 4.51. The van der Waals surface area contributed by atoms with Crippen molar-refractivity contribution >= 4 is 33.3 Å². The number of hydrogen-bond acceptors (Lipinski definition) is 5. The van der Waals surface area contributed by atoms with Crippen molar-refractivity contribution in [2.24, 2.45) is 0 Å². The van der Waals surface area contributed by atoms with Crippen LogP contribution in [0.3, 0.4) is 0 Å². The van der Waals surface area contributed by atoms with Crippen LogP contribution in [-0.4, -0.2) is 23.1 Å². The second-order valence-corrected chi connectivity index (χ2v) is 4.74. The molecule has 2 aromatic heterocycles. The van der Waals surface area contributed by atoms with Gasteiger partial charge < -0.3 is 10.6 Å². The minimum absolute atomic E-state index is 0.710. The number of nitrogens with one attached hydrogen (secondary N) is 2. The summed E-state index contributed by atoms with van der Waals surface area (Å²) in [4.78, 5) is 10.0. The molecule has 0 fully saturated rings. The van der Waals surface area contributed by atoms with E-state index in [1.807, 2.05) is 6.92 Å². The van der Waals surface area contributed by atoms with E-state index >= 15 is 0 Å². The van der Waals surface area contributed by atoms with Crippen molar-refractivity contribution in [3.05, 3.63) is 11.4 Å². The summed E-state index contributed by atoms with van der Waals surface area (Å²) in [6.45, 7) is 6.04. The lowest BCUT2D eigenvalue weighted by molar-refractivity contribution is 0.831. The average molecular weight is 250 g/mol.